The number of benzene rings is 2. The molecule has 24 heavy (non-hydrogen) atoms. The summed E-state index contributed by atoms with van der Waals surface area (Å²) in [6.07, 6.45) is 0. The monoisotopic (exact) mass is 390 g/mol. The van der Waals surface area contributed by atoms with Gasteiger partial charge in [0.25, 0.3) is 10.0 Å². The summed E-state index contributed by atoms with van der Waals surface area (Å²) in [6, 6.07) is 9.25. The molecule has 3 N–H and O–H groups in total. The Morgan fingerprint density at radius 1 is 1.08 bits per heavy atom. The zero-order valence-corrected chi connectivity index (χ0v) is 15.0. The predicted molar refractivity (Wildman–Crippen MR) is 91.2 cm³/mol. The van der Waals surface area contributed by atoms with Crippen LogP contribution in [0.25, 0.3) is 0 Å². The van der Waals surface area contributed by atoms with Crippen molar-refractivity contribution in [3.05, 3.63) is 47.5 Å². The van der Waals surface area contributed by atoms with Gasteiger partial charge in [0.1, 0.15) is 10.6 Å². The number of nitrogens with one attached hydrogen (secondary N) is 1. The summed E-state index contributed by atoms with van der Waals surface area (Å²) in [6.45, 7) is 2.01. The largest absolute Gasteiger partial charge is 0.492 e. The lowest BCUT2D eigenvalue weighted by molar-refractivity contribution is 0.331. The molecule has 2 rings (SSSR count). The number of nitrogens with two attached hydrogens (primary N) is 1. The molecule has 10 heteroatoms. The molecule has 0 radical (unpaired) electrons. The third-order valence-corrected chi connectivity index (χ3v) is 5.50. The van der Waals surface area contributed by atoms with E-state index in [9.17, 15) is 16.8 Å². The van der Waals surface area contributed by atoms with Crippen molar-refractivity contribution in [2.24, 2.45) is 5.14 Å². The van der Waals surface area contributed by atoms with Crippen LogP contribution >= 0.6 is 11.6 Å². The van der Waals surface area contributed by atoms with E-state index >= 15 is 0 Å². The molecule has 0 bridgehead atoms. The Bertz CT molecular complexity index is 942. The van der Waals surface area contributed by atoms with Gasteiger partial charge in [-0.1, -0.05) is 11.6 Å². The lowest BCUT2D eigenvalue weighted by Gasteiger charge is -2.13. The normalized spacial score (nSPS) is 12.0. The fourth-order valence-corrected chi connectivity index (χ4v) is 3.87. The number of primary sulfonamides is 1. The Morgan fingerprint density at radius 3 is 2.25 bits per heavy atom. The second-order valence-corrected chi connectivity index (χ2v) is 8.35. The molecule has 0 aromatic heterocycles. The number of anilines is 1. The summed E-state index contributed by atoms with van der Waals surface area (Å²) in [4.78, 5) is -0.240. The first-order chi connectivity index (χ1) is 11.1. The Hall–Kier alpha value is -1.81. The van der Waals surface area contributed by atoms with E-state index < -0.39 is 20.0 Å². The molecule has 0 aliphatic heterocycles. The molecule has 0 heterocycles. The molecule has 0 atom stereocenters. The van der Waals surface area contributed by atoms with E-state index in [0.717, 1.165) is 0 Å². The van der Waals surface area contributed by atoms with Crippen molar-refractivity contribution in [2.45, 2.75) is 16.7 Å². The minimum absolute atomic E-state index is 0.118. The van der Waals surface area contributed by atoms with Gasteiger partial charge in [-0.3, -0.25) is 4.72 Å². The Labute approximate surface area is 145 Å². The van der Waals surface area contributed by atoms with Gasteiger partial charge in [0.2, 0.25) is 10.0 Å². The SMILES string of the molecule is CCOc1ccc(Cl)cc1S(=O)(=O)Nc1ccc(S(N)(=O)=O)cc1. The van der Waals surface area contributed by atoms with Crippen LogP contribution in [0.5, 0.6) is 5.75 Å². The average Bonchev–Trinajstić information content (AvgIpc) is 2.48. The predicted octanol–water partition coefficient (Wildman–Crippen LogP) is 2.19. The highest BCUT2D eigenvalue weighted by Crippen LogP contribution is 2.29. The molecule has 0 spiro atoms. The molecular formula is C14H15ClN2O5S2. The zero-order chi connectivity index (χ0) is 18.0. The van der Waals surface area contributed by atoms with Crippen molar-refractivity contribution < 1.29 is 21.6 Å². The van der Waals surface area contributed by atoms with Gasteiger partial charge >= 0.3 is 0 Å². The first-order valence-electron chi connectivity index (χ1n) is 6.71. The van der Waals surface area contributed by atoms with E-state index in [2.05, 4.69) is 4.72 Å². The highest BCUT2D eigenvalue weighted by Gasteiger charge is 2.21. The van der Waals surface area contributed by atoms with Gasteiger partial charge in [0.05, 0.1) is 11.5 Å². The van der Waals surface area contributed by atoms with Crippen molar-refractivity contribution in [1.29, 1.82) is 0 Å². The van der Waals surface area contributed by atoms with Crippen molar-refractivity contribution in [1.82, 2.24) is 0 Å². The summed E-state index contributed by atoms with van der Waals surface area (Å²) < 4.78 is 55.1. The van der Waals surface area contributed by atoms with Crippen LogP contribution in [0, 0.1) is 0 Å². The maximum Gasteiger partial charge on any atom is 0.265 e. The van der Waals surface area contributed by atoms with Crippen LogP contribution in [0.2, 0.25) is 5.02 Å². The van der Waals surface area contributed by atoms with E-state index in [1.807, 2.05) is 0 Å². The Kier molecular flexibility index (Phi) is 5.38. The summed E-state index contributed by atoms with van der Waals surface area (Å²) in [5.41, 5.74) is 0.171. The van der Waals surface area contributed by atoms with Gasteiger partial charge in [0, 0.05) is 10.7 Å². The van der Waals surface area contributed by atoms with Gasteiger partial charge in [-0.25, -0.2) is 22.0 Å². The summed E-state index contributed by atoms with van der Waals surface area (Å²) in [5, 5.41) is 5.24. The number of ether oxygens (including phenoxy) is 1. The summed E-state index contributed by atoms with van der Waals surface area (Å²) in [5.74, 6) is 0.163. The van der Waals surface area contributed by atoms with Gasteiger partial charge in [-0.05, 0) is 49.4 Å². The molecule has 2 aromatic carbocycles. The molecule has 0 aliphatic carbocycles. The second kappa shape index (κ2) is 6.98. The van der Waals surface area contributed by atoms with E-state index in [0.29, 0.717) is 0 Å². The Morgan fingerprint density at radius 2 is 1.71 bits per heavy atom. The number of hydrogen-bond donors (Lipinski definition) is 2. The zero-order valence-electron chi connectivity index (χ0n) is 12.6. The molecule has 0 aliphatic rings. The summed E-state index contributed by atoms with van der Waals surface area (Å²) >= 11 is 5.87. The van der Waals surface area contributed by atoms with E-state index in [1.54, 1.807) is 6.92 Å². The number of sulfonamides is 2. The lowest BCUT2D eigenvalue weighted by atomic mass is 10.3. The van der Waals surface area contributed by atoms with E-state index in [1.165, 1.54) is 42.5 Å². The van der Waals surface area contributed by atoms with Crippen molar-refractivity contribution in [2.75, 3.05) is 11.3 Å². The van der Waals surface area contributed by atoms with Gasteiger partial charge < -0.3 is 4.74 Å². The molecule has 0 unspecified atom stereocenters. The van der Waals surface area contributed by atoms with Gasteiger partial charge in [-0.15, -0.1) is 0 Å². The lowest BCUT2D eigenvalue weighted by Crippen LogP contribution is -2.15. The molecule has 0 fully saturated rings. The molecule has 130 valence electrons. The average molecular weight is 391 g/mol. The molecule has 0 saturated heterocycles. The van der Waals surface area contributed by atoms with Crippen LogP contribution in [0.15, 0.2) is 52.3 Å². The molecule has 0 amide bonds. The maximum absolute atomic E-state index is 12.5. The third kappa shape index (κ3) is 4.38. The van der Waals surface area contributed by atoms with E-state index in [4.69, 9.17) is 21.5 Å². The topological polar surface area (TPSA) is 116 Å². The van der Waals surface area contributed by atoms with Crippen molar-refractivity contribution in [3.8, 4) is 5.75 Å². The Balaban J connectivity index is 2.37. The fraction of sp³-hybridized carbons (Fsp3) is 0.143. The number of halogens is 1. The summed E-state index contributed by atoms with van der Waals surface area (Å²) in [7, 11) is -7.83. The van der Waals surface area contributed by atoms with Crippen LogP contribution in [0.4, 0.5) is 5.69 Å². The first kappa shape index (κ1) is 18.5. The molecular weight excluding hydrogens is 376 g/mol. The van der Waals surface area contributed by atoms with Crippen LogP contribution in [0.1, 0.15) is 6.92 Å². The van der Waals surface area contributed by atoms with Crippen molar-refractivity contribution in [3.63, 3.8) is 0 Å². The van der Waals surface area contributed by atoms with Gasteiger partial charge in [-0.2, -0.15) is 0 Å². The molecule has 2 aromatic rings. The quantitative estimate of drug-likeness (QED) is 0.784. The van der Waals surface area contributed by atoms with Crippen LogP contribution in [-0.4, -0.2) is 23.4 Å². The van der Waals surface area contributed by atoms with Crippen LogP contribution < -0.4 is 14.6 Å². The smallest absolute Gasteiger partial charge is 0.265 e. The van der Waals surface area contributed by atoms with E-state index in [-0.39, 0.29) is 32.9 Å². The van der Waals surface area contributed by atoms with Gasteiger partial charge in [0.15, 0.2) is 0 Å². The number of hydrogen-bond acceptors (Lipinski definition) is 5. The highest BCUT2D eigenvalue weighted by atomic mass is 35.5. The van der Waals surface area contributed by atoms with Crippen LogP contribution in [0.3, 0.4) is 0 Å². The molecule has 7 nitrogen and oxygen atoms in total. The highest BCUT2D eigenvalue weighted by molar-refractivity contribution is 7.92. The third-order valence-electron chi connectivity index (χ3n) is 2.93. The first-order valence-corrected chi connectivity index (χ1v) is 10.1. The standard InChI is InChI=1S/C14H15ClN2O5S2/c1-2-22-13-8-3-10(15)9-14(13)24(20,21)17-11-4-6-12(7-5-11)23(16,18)19/h3-9,17H,2H2,1H3,(H2,16,18,19). The maximum atomic E-state index is 12.5. The fourth-order valence-electron chi connectivity index (χ4n) is 1.89. The second-order valence-electron chi connectivity index (χ2n) is 4.70. The molecule has 0 saturated carbocycles. The van der Waals surface area contributed by atoms with Crippen LogP contribution in [-0.2, 0) is 20.0 Å². The van der Waals surface area contributed by atoms with Crippen molar-refractivity contribution >= 4 is 37.3 Å². The minimum Gasteiger partial charge on any atom is -0.492 e. The minimum atomic E-state index is -3.98. The number of rotatable bonds is 6.